The summed E-state index contributed by atoms with van der Waals surface area (Å²) >= 11 is 0. The quantitative estimate of drug-likeness (QED) is 0.644. The summed E-state index contributed by atoms with van der Waals surface area (Å²) < 4.78 is 23.4. The van der Waals surface area contributed by atoms with E-state index >= 15 is 0 Å². The molecule has 0 atom stereocenters. The predicted octanol–water partition coefficient (Wildman–Crippen LogP) is 3.33. The summed E-state index contributed by atoms with van der Waals surface area (Å²) in [5.74, 6) is -0.444. The monoisotopic (exact) mass is 367 g/mol. The van der Waals surface area contributed by atoms with Crippen molar-refractivity contribution < 1.29 is 13.2 Å². The lowest BCUT2D eigenvalue weighted by atomic mass is 10.1. The summed E-state index contributed by atoms with van der Waals surface area (Å²) in [6, 6.07) is 22.4. The average molecular weight is 367 g/mol. The lowest BCUT2D eigenvalue weighted by Crippen LogP contribution is -2.19. The Morgan fingerprint density at radius 2 is 1.35 bits per heavy atom. The predicted molar refractivity (Wildman–Crippen MR) is 102 cm³/mol. The molecule has 0 aliphatic heterocycles. The lowest BCUT2D eigenvalue weighted by Gasteiger charge is -2.13. The third-order valence-corrected chi connectivity index (χ3v) is 4.64. The van der Waals surface area contributed by atoms with Crippen LogP contribution in [0.25, 0.3) is 0 Å². The lowest BCUT2D eigenvalue weighted by molar-refractivity contribution is 0.102. The van der Waals surface area contributed by atoms with Gasteiger partial charge in [-0.1, -0.05) is 42.5 Å². The van der Waals surface area contributed by atoms with E-state index in [1.54, 1.807) is 36.4 Å². The van der Waals surface area contributed by atoms with Crippen molar-refractivity contribution in [1.82, 2.24) is 0 Å². The maximum Gasteiger partial charge on any atom is 0.257 e. The van der Waals surface area contributed by atoms with Gasteiger partial charge in [0.05, 0.1) is 16.9 Å². The second-order valence-electron chi connectivity index (χ2n) is 5.53. The molecule has 7 heteroatoms. The molecule has 0 spiro atoms. The maximum absolute atomic E-state index is 12.7. The van der Waals surface area contributed by atoms with Crippen molar-refractivity contribution >= 4 is 33.0 Å². The van der Waals surface area contributed by atoms with E-state index in [0.29, 0.717) is 11.3 Å². The van der Waals surface area contributed by atoms with Crippen LogP contribution in [-0.4, -0.2) is 14.3 Å². The maximum atomic E-state index is 12.7. The van der Waals surface area contributed by atoms with Crippen LogP contribution in [0.3, 0.4) is 0 Å². The number of sulfonamides is 1. The van der Waals surface area contributed by atoms with Crippen LogP contribution >= 0.6 is 0 Å². The molecule has 0 saturated heterocycles. The third kappa shape index (κ3) is 4.08. The number of carbonyl (C=O) groups excluding carboxylic acids is 1. The van der Waals surface area contributed by atoms with Gasteiger partial charge in [-0.05, 0) is 36.4 Å². The van der Waals surface area contributed by atoms with Crippen molar-refractivity contribution in [1.29, 1.82) is 0 Å². The molecule has 0 aliphatic rings. The molecule has 0 radical (unpaired) electrons. The first-order valence-electron chi connectivity index (χ1n) is 7.79. The van der Waals surface area contributed by atoms with Gasteiger partial charge in [0.1, 0.15) is 4.90 Å². The highest BCUT2D eigenvalue weighted by atomic mass is 32.2. The number of primary sulfonamides is 1. The fourth-order valence-corrected chi connectivity index (χ4v) is 3.17. The fourth-order valence-electron chi connectivity index (χ4n) is 2.47. The van der Waals surface area contributed by atoms with Crippen LogP contribution in [-0.2, 0) is 10.0 Å². The SMILES string of the molecule is NS(=O)(=O)c1ccccc1NC(=O)c1ccccc1Nc1ccccc1. The number of para-hydroxylation sites is 3. The first-order valence-corrected chi connectivity index (χ1v) is 9.34. The van der Waals surface area contributed by atoms with Crippen LogP contribution in [0.4, 0.5) is 17.1 Å². The molecule has 0 fully saturated rings. The number of amides is 1. The van der Waals surface area contributed by atoms with Gasteiger partial charge in [0, 0.05) is 5.69 Å². The minimum absolute atomic E-state index is 0.134. The van der Waals surface area contributed by atoms with E-state index in [1.165, 1.54) is 12.1 Å². The van der Waals surface area contributed by atoms with Crippen molar-refractivity contribution in [2.45, 2.75) is 4.90 Å². The van der Waals surface area contributed by atoms with Crippen molar-refractivity contribution in [2.24, 2.45) is 5.14 Å². The summed E-state index contributed by atoms with van der Waals surface area (Å²) in [6.07, 6.45) is 0. The number of carbonyl (C=O) groups is 1. The van der Waals surface area contributed by atoms with Crippen LogP contribution in [0.1, 0.15) is 10.4 Å². The van der Waals surface area contributed by atoms with Gasteiger partial charge in [-0.3, -0.25) is 4.79 Å². The second kappa shape index (κ2) is 7.38. The molecule has 0 saturated carbocycles. The van der Waals surface area contributed by atoms with E-state index in [2.05, 4.69) is 10.6 Å². The molecule has 0 bridgehead atoms. The van der Waals surface area contributed by atoms with Gasteiger partial charge in [-0.2, -0.15) is 0 Å². The highest BCUT2D eigenvalue weighted by Gasteiger charge is 2.17. The average Bonchev–Trinajstić information content (AvgIpc) is 2.62. The summed E-state index contributed by atoms with van der Waals surface area (Å²) in [4.78, 5) is 12.6. The Morgan fingerprint density at radius 3 is 2.04 bits per heavy atom. The molecule has 4 N–H and O–H groups in total. The Bertz CT molecular complexity index is 1030. The zero-order chi connectivity index (χ0) is 18.6. The molecule has 0 unspecified atom stereocenters. The first kappa shape index (κ1) is 17.7. The molecule has 3 aromatic rings. The first-order chi connectivity index (χ1) is 12.4. The topological polar surface area (TPSA) is 101 Å². The fraction of sp³-hybridized carbons (Fsp3) is 0. The van der Waals surface area contributed by atoms with Gasteiger partial charge in [0.2, 0.25) is 10.0 Å². The van der Waals surface area contributed by atoms with Crippen LogP contribution < -0.4 is 15.8 Å². The van der Waals surface area contributed by atoms with Gasteiger partial charge < -0.3 is 10.6 Å². The molecule has 0 aromatic heterocycles. The number of nitrogens with one attached hydrogen (secondary N) is 2. The zero-order valence-electron chi connectivity index (χ0n) is 13.7. The van der Waals surface area contributed by atoms with Crippen molar-refractivity contribution in [3.63, 3.8) is 0 Å². The van der Waals surface area contributed by atoms with Crippen LogP contribution in [0.15, 0.2) is 83.8 Å². The Kier molecular flexibility index (Phi) is 5.01. The minimum atomic E-state index is -3.95. The number of anilines is 3. The third-order valence-electron chi connectivity index (χ3n) is 3.67. The number of rotatable bonds is 5. The van der Waals surface area contributed by atoms with E-state index < -0.39 is 15.9 Å². The highest BCUT2D eigenvalue weighted by Crippen LogP contribution is 2.24. The summed E-state index contributed by atoms with van der Waals surface area (Å²) in [5, 5.41) is 11.0. The molecule has 0 heterocycles. The van der Waals surface area contributed by atoms with Gasteiger partial charge in [-0.15, -0.1) is 0 Å². The number of hydrogen-bond donors (Lipinski definition) is 3. The Hall–Kier alpha value is -3.16. The summed E-state index contributed by atoms with van der Waals surface area (Å²) in [6.45, 7) is 0. The molecule has 3 aromatic carbocycles. The standard InChI is InChI=1S/C19H17N3O3S/c20-26(24,25)18-13-7-6-12-17(18)22-19(23)15-10-4-5-11-16(15)21-14-8-2-1-3-9-14/h1-13,21H,(H,22,23)(H2,20,24,25). The van der Waals surface area contributed by atoms with Crippen molar-refractivity contribution in [2.75, 3.05) is 10.6 Å². The molecular formula is C19H17N3O3S. The van der Waals surface area contributed by atoms with Crippen LogP contribution in [0.5, 0.6) is 0 Å². The van der Waals surface area contributed by atoms with E-state index in [9.17, 15) is 13.2 Å². The van der Waals surface area contributed by atoms with Crippen molar-refractivity contribution in [3.05, 3.63) is 84.4 Å². The van der Waals surface area contributed by atoms with Crippen molar-refractivity contribution in [3.8, 4) is 0 Å². The number of hydrogen-bond acceptors (Lipinski definition) is 4. The van der Waals surface area contributed by atoms with Crippen LogP contribution in [0.2, 0.25) is 0 Å². The summed E-state index contributed by atoms with van der Waals surface area (Å²) in [5.41, 5.74) is 1.94. The molecule has 26 heavy (non-hydrogen) atoms. The Labute approximate surface area is 151 Å². The van der Waals surface area contributed by atoms with E-state index in [1.807, 2.05) is 30.3 Å². The van der Waals surface area contributed by atoms with Gasteiger partial charge >= 0.3 is 0 Å². The largest absolute Gasteiger partial charge is 0.355 e. The van der Waals surface area contributed by atoms with Gasteiger partial charge in [0.25, 0.3) is 5.91 Å². The normalized spacial score (nSPS) is 11.0. The molecule has 1 amide bonds. The van der Waals surface area contributed by atoms with E-state index in [0.717, 1.165) is 5.69 Å². The molecule has 0 aliphatic carbocycles. The molecular weight excluding hydrogens is 350 g/mol. The second-order valence-corrected chi connectivity index (χ2v) is 7.06. The smallest absolute Gasteiger partial charge is 0.257 e. The highest BCUT2D eigenvalue weighted by molar-refractivity contribution is 7.89. The summed E-state index contributed by atoms with van der Waals surface area (Å²) in [7, 11) is -3.95. The molecule has 6 nitrogen and oxygen atoms in total. The van der Waals surface area contributed by atoms with Crippen LogP contribution in [0, 0.1) is 0 Å². The van der Waals surface area contributed by atoms with Gasteiger partial charge in [-0.25, -0.2) is 13.6 Å². The zero-order valence-corrected chi connectivity index (χ0v) is 14.5. The van der Waals surface area contributed by atoms with Gasteiger partial charge in [0.15, 0.2) is 0 Å². The Morgan fingerprint density at radius 1 is 0.769 bits per heavy atom. The number of nitrogens with two attached hydrogens (primary N) is 1. The number of benzene rings is 3. The van der Waals surface area contributed by atoms with E-state index in [4.69, 9.17) is 5.14 Å². The Balaban J connectivity index is 1.91. The molecule has 3 rings (SSSR count). The molecule has 132 valence electrons. The van der Waals surface area contributed by atoms with E-state index in [-0.39, 0.29) is 10.6 Å². The minimum Gasteiger partial charge on any atom is -0.355 e.